The first-order chi connectivity index (χ1) is 8.16. The van der Waals surface area contributed by atoms with E-state index >= 15 is 0 Å². The summed E-state index contributed by atoms with van der Waals surface area (Å²) >= 11 is 11.7. The summed E-state index contributed by atoms with van der Waals surface area (Å²) in [6, 6.07) is 8.13. The average Bonchev–Trinajstić information content (AvgIpc) is 2.33. The summed E-state index contributed by atoms with van der Waals surface area (Å²) < 4.78 is 0. The molecule has 0 saturated heterocycles. The van der Waals surface area contributed by atoms with E-state index in [9.17, 15) is 4.79 Å². The summed E-state index contributed by atoms with van der Waals surface area (Å²) in [4.78, 5) is 15.8. The van der Waals surface area contributed by atoms with E-state index in [1.165, 1.54) is 6.07 Å². The van der Waals surface area contributed by atoms with E-state index in [0.717, 1.165) is 0 Å². The van der Waals surface area contributed by atoms with E-state index in [1.807, 2.05) is 0 Å². The summed E-state index contributed by atoms with van der Waals surface area (Å²) in [6.07, 6.45) is 3.18. The molecule has 1 N–H and O–H groups in total. The van der Waals surface area contributed by atoms with Crippen LogP contribution in [-0.4, -0.2) is 10.9 Å². The Morgan fingerprint density at radius 3 is 2.53 bits per heavy atom. The standard InChI is InChI=1S/C12H8Cl2N2O/c13-8-1-2-11(14)10(7-8)12(17)16-9-3-5-15-6-4-9/h1-7H,(H,15,16,17). The van der Waals surface area contributed by atoms with Crippen molar-refractivity contribution in [1.29, 1.82) is 0 Å². The van der Waals surface area contributed by atoms with E-state index in [2.05, 4.69) is 10.3 Å². The number of nitrogens with one attached hydrogen (secondary N) is 1. The zero-order valence-electron chi connectivity index (χ0n) is 8.65. The first kappa shape index (κ1) is 11.9. The minimum absolute atomic E-state index is 0.302. The van der Waals surface area contributed by atoms with Crippen LogP contribution in [0.3, 0.4) is 0 Å². The van der Waals surface area contributed by atoms with Crippen LogP contribution in [0.1, 0.15) is 10.4 Å². The highest BCUT2D eigenvalue weighted by Crippen LogP contribution is 2.21. The van der Waals surface area contributed by atoms with Crippen molar-refractivity contribution in [3.63, 3.8) is 0 Å². The maximum atomic E-state index is 11.9. The van der Waals surface area contributed by atoms with Crippen molar-refractivity contribution in [2.24, 2.45) is 0 Å². The SMILES string of the molecule is O=C(Nc1ccncc1)c1cc(Cl)ccc1Cl. The van der Waals surface area contributed by atoms with E-state index in [4.69, 9.17) is 23.2 Å². The van der Waals surface area contributed by atoms with Crippen LogP contribution in [0.4, 0.5) is 5.69 Å². The van der Waals surface area contributed by atoms with Gasteiger partial charge in [0, 0.05) is 23.1 Å². The van der Waals surface area contributed by atoms with Crippen LogP contribution in [0.25, 0.3) is 0 Å². The molecule has 1 amide bonds. The molecule has 1 heterocycles. The van der Waals surface area contributed by atoms with Gasteiger partial charge in [0.2, 0.25) is 0 Å². The second-order valence-corrected chi connectivity index (χ2v) is 4.16. The van der Waals surface area contributed by atoms with Gasteiger partial charge in [0.15, 0.2) is 0 Å². The van der Waals surface area contributed by atoms with Crippen molar-refractivity contribution in [3.05, 3.63) is 58.3 Å². The molecule has 1 aromatic heterocycles. The average molecular weight is 267 g/mol. The number of rotatable bonds is 2. The molecule has 5 heteroatoms. The van der Waals surface area contributed by atoms with E-state index in [-0.39, 0.29) is 5.91 Å². The highest BCUT2D eigenvalue weighted by atomic mass is 35.5. The molecule has 0 fully saturated rings. The summed E-state index contributed by atoms with van der Waals surface area (Å²) in [5, 5.41) is 3.53. The molecule has 0 saturated carbocycles. The predicted octanol–water partition coefficient (Wildman–Crippen LogP) is 3.64. The number of halogens is 2. The lowest BCUT2D eigenvalue weighted by atomic mass is 10.2. The van der Waals surface area contributed by atoms with Crippen LogP contribution < -0.4 is 5.32 Å². The van der Waals surface area contributed by atoms with Gasteiger partial charge in [-0.1, -0.05) is 23.2 Å². The van der Waals surface area contributed by atoms with E-state index in [0.29, 0.717) is 21.3 Å². The number of carbonyl (C=O) groups is 1. The molecule has 0 bridgehead atoms. The minimum atomic E-state index is -0.302. The van der Waals surface area contributed by atoms with Crippen molar-refractivity contribution in [2.75, 3.05) is 5.32 Å². The Hall–Kier alpha value is -1.58. The lowest BCUT2D eigenvalue weighted by Crippen LogP contribution is -2.12. The van der Waals surface area contributed by atoms with Crippen LogP contribution in [0, 0.1) is 0 Å². The Bertz CT molecular complexity index is 543. The fourth-order valence-corrected chi connectivity index (χ4v) is 1.68. The first-order valence-corrected chi connectivity index (χ1v) is 5.59. The lowest BCUT2D eigenvalue weighted by molar-refractivity contribution is 0.102. The molecule has 0 unspecified atom stereocenters. The maximum absolute atomic E-state index is 11.9. The number of hydrogen-bond donors (Lipinski definition) is 1. The first-order valence-electron chi connectivity index (χ1n) is 4.83. The monoisotopic (exact) mass is 266 g/mol. The predicted molar refractivity (Wildman–Crippen MR) is 68.7 cm³/mol. The van der Waals surface area contributed by atoms with Gasteiger partial charge in [0.25, 0.3) is 5.91 Å². The molecule has 2 aromatic rings. The Kier molecular flexibility index (Phi) is 3.61. The molecule has 3 nitrogen and oxygen atoms in total. The van der Waals surface area contributed by atoms with Crippen molar-refractivity contribution in [2.45, 2.75) is 0 Å². The van der Waals surface area contributed by atoms with Gasteiger partial charge in [-0.05, 0) is 30.3 Å². The minimum Gasteiger partial charge on any atom is -0.322 e. The fourth-order valence-electron chi connectivity index (χ4n) is 1.31. The van der Waals surface area contributed by atoms with Crippen LogP contribution >= 0.6 is 23.2 Å². The third-order valence-electron chi connectivity index (χ3n) is 2.11. The summed E-state index contributed by atoms with van der Waals surface area (Å²) in [5.41, 5.74) is 0.997. The second kappa shape index (κ2) is 5.17. The lowest BCUT2D eigenvalue weighted by Gasteiger charge is -2.06. The van der Waals surface area contributed by atoms with Gasteiger partial charge in [-0.3, -0.25) is 9.78 Å². The molecular weight excluding hydrogens is 259 g/mol. The smallest absolute Gasteiger partial charge is 0.257 e. The van der Waals surface area contributed by atoms with Gasteiger partial charge < -0.3 is 5.32 Å². The number of amides is 1. The maximum Gasteiger partial charge on any atom is 0.257 e. The van der Waals surface area contributed by atoms with Gasteiger partial charge in [0.1, 0.15) is 0 Å². The normalized spacial score (nSPS) is 10.0. The quantitative estimate of drug-likeness (QED) is 0.902. The zero-order chi connectivity index (χ0) is 12.3. The summed E-state index contributed by atoms with van der Waals surface area (Å²) in [7, 11) is 0. The van der Waals surface area contributed by atoms with Crippen LogP contribution in [0.2, 0.25) is 10.0 Å². The third-order valence-corrected chi connectivity index (χ3v) is 2.68. The number of nitrogens with zero attached hydrogens (tertiary/aromatic N) is 1. The number of carbonyl (C=O) groups excluding carboxylic acids is 1. The highest BCUT2D eigenvalue weighted by Gasteiger charge is 2.10. The number of hydrogen-bond acceptors (Lipinski definition) is 2. The number of aromatic nitrogens is 1. The van der Waals surface area contributed by atoms with Gasteiger partial charge in [0.05, 0.1) is 10.6 Å². The molecular formula is C12H8Cl2N2O. The number of benzene rings is 1. The van der Waals surface area contributed by atoms with Gasteiger partial charge in [-0.15, -0.1) is 0 Å². The molecule has 0 aliphatic carbocycles. The largest absolute Gasteiger partial charge is 0.322 e. The topological polar surface area (TPSA) is 42.0 Å². The third kappa shape index (κ3) is 2.96. The van der Waals surface area contributed by atoms with Crippen LogP contribution in [0.5, 0.6) is 0 Å². The molecule has 0 atom stereocenters. The molecule has 0 aliphatic rings. The van der Waals surface area contributed by atoms with Gasteiger partial charge in [-0.25, -0.2) is 0 Å². The molecule has 17 heavy (non-hydrogen) atoms. The van der Waals surface area contributed by atoms with Crippen molar-refractivity contribution < 1.29 is 4.79 Å². The molecule has 2 rings (SSSR count). The fraction of sp³-hybridized carbons (Fsp3) is 0. The Balaban J connectivity index is 2.23. The van der Waals surface area contributed by atoms with Crippen molar-refractivity contribution in [3.8, 4) is 0 Å². The Morgan fingerprint density at radius 2 is 1.82 bits per heavy atom. The summed E-state index contributed by atoms with van der Waals surface area (Å²) in [6.45, 7) is 0. The van der Waals surface area contributed by atoms with E-state index < -0.39 is 0 Å². The Labute approximate surface area is 108 Å². The van der Waals surface area contributed by atoms with Crippen molar-refractivity contribution >= 4 is 34.8 Å². The molecule has 0 spiro atoms. The molecule has 1 aromatic carbocycles. The van der Waals surface area contributed by atoms with E-state index in [1.54, 1.807) is 36.7 Å². The molecule has 0 aliphatic heterocycles. The van der Waals surface area contributed by atoms with Crippen molar-refractivity contribution in [1.82, 2.24) is 4.98 Å². The zero-order valence-corrected chi connectivity index (χ0v) is 10.2. The van der Waals surface area contributed by atoms with Crippen LogP contribution in [0.15, 0.2) is 42.7 Å². The number of anilines is 1. The molecule has 86 valence electrons. The number of pyridine rings is 1. The van der Waals surface area contributed by atoms with Gasteiger partial charge in [-0.2, -0.15) is 0 Å². The van der Waals surface area contributed by atoms with Gasteiger partial charge >= 0.3 is 0 Å². The van der Waals surface area contributed by atoms with Crippen LogP contribution in [-0.2, 0) is 0 Å². The Morgan fingerprint density at radius 1 is 1.12 bits per heavy atom. The molecule has 0 radical (unpaired) electrons. The summed E-state index contributed by atoms with van der Waals surface area (Å²) in [5.74, 6) is -0.302. The highest BCUT2D eigenvalue weighted by molar-refractivity contribution is 6.36. The second-order valence-electron chi connectivity index (χ2n) is 3.31.